The Bertz CT molecular complexity index is 1350. The first-order chi connectivity index (χ1) is 24.4. The van der Waals surface area contributed by atoms with Crippen LogP contribution in [0.2, 0.25) is 0 Å². The molecular weight excluding hydrogens is 697 g/mol. The number of Topliss-reactive ketones (excluding diaryl/α,β-unsaturated/α-hetero) is 2. The van der Waals surface area contributed by atoms with E-state index in [1.807, 2.05) is 13.8 Å². The second-order valence-electron chi connectivity index (χ2n) is 13.4. The van der Waals surface area contributed by atoms with Crippen LogP contribution in [0.1, 0.15) is 90.0 Å². The lowest BCUT2D eigenvalue weighted by atomic mass is 9.83. The van der Waals surface area contributed by atoms with Crippen molar-refractivity contribution in [3.63, 3.8) is 0 Å². The molecule has 15 heteroatoms. The van der Waals surface area contributed by atoms with Gasteiger partial charge in [-0.15, -0.1) is 23.5 Å². The molecule has 4 atom stereocenters. The maximum atomic E-state index is 13.8. The number of thioether (sulfide) groups is 2. The molecule has 0 spiro atoms. The van der Waals surface area contributed by atoms with Gasteiger partial charge in [-0.1, -0.05) is 76.8 Å². The second-order valence-corrected chi connectivity index (χ2v) is 16.3. The predicted molar refractivity (Wildman–Crippen MR) is 196 cm³/mol. The van der Waals surface area contributed by atoms with Gasteiger partial charge in [0, 0.05) is 17.9 Å². The minimum atomic E-state index is -1.23. The zero-order valence-electron chi connectivity index (χ0n) is 29.7. The SMILES string of the molecule is CCCC(NC(=O)[C@H](CC1SCCS1)NC(=O)[C@@H](NC(=O)OCC(C)C)C1CCCCC1)C(=O)C(=O)NCC(=O)CC(C(=O)O)c1ccccc1. The van der Waals surface area contributed by atoms with Gasteiger partial charge in [-0.2, -0.15) is 0 Å². The van der Waals surface area contributed by atoms with Crippen LogP contribution in [0, 0.1) is 11.8 Å². The van der Waals surface area contributed by atoms with E-state index in [0.29, 0.717) is 12.0 Å². The number of nitrogens with one attached hydrogen (secondary N) is 4. The summed E-state index contributed by atoms with van der Waals surface area (Å²) in [6.07, 6.45) is 4.10. The molecule has 2 unspecified atom stereocenters. The van der Waals surface area contributed by atoms with E-state index in [-0.39, 0.29) is 42.3 Å². The van der Waals surface area contributed by atoms with Crippen molar-refractivity contribution in [2.24, 2.45) is 11.8 Å². The maximum absolute atomic E-state index is 13.8. The Labute approximate surface area is 308 Å². The molecule has 1 aromatic rings. The Kier molecular flexibility index (Phi) is 17.8. The van der Waals surface area contributed by atoms with E-state index in [4.69, 9.17) is 4.74 Å². The van der Waals surface area contributed by atoms with Gasteiger partial charge in [-0.05, 0) is 43.1 Å². The van der Waals surface area contributed by atoms with Crippen molar-refractivity contribution < 1.29 is 43.4 Å². The van der Waals surface area contributed by atoms with Crippen LogP contribution in [0.3, 0.4) is 0 Å². The molecule has 2 fully saturated rings. The van der Waals surface area contributed by atoms with Gasteiger partial charge in [0.1, 0.15) is 12.1 Å². The number of hydrogen-bond acceptors (Lipinski definition) is 10. The number of ether oxygens (including phenoxy) is 1. The van der Waals surface area contributed by atoms with Crippen LogP contribution in [0.25, 0.3) is 0 Å². The van der Waals surface area contributed by atoms with Crippen LogP contribution in [-0.2, 0) is 33.5 Å². The molecule has 1 heterocycles. The van der Waals surface area contributed by atoms with E-state index in [1.54, 1.807) is 60.8 Å². The minimum absolute atomic E-state index is 0.0123. The third-order valence-electron chi connectivity index (χ3n) is 8.79. The second kappa shape index (κ2) is 21.7. The van der Waals surface area contributed by atoms with Crippen LogP contribution in [0.15, 0.2) is 30.3 Å². The summed E-state index contributed by atoms with van der Waals surface area (Å²) in [5.74, 6) is -4.32. The highest BCUT2D eigenvalue weighted by Crippen LogP contribution is 2.35. The number of rotatable bonds is 20. The number of carboxylic acids is 1. The highest BCUT2D eigenvalue weighted by molar-refractivity contribution is 8.20. The Morgan fingerprint density at radius 2 is 1.53 bits per heavy atom. The van der Waals surface area contributed by atoms with E-state index in [1.165, 1.54) is 0 Å². The molecule has 2 aliphatic rings. The van der Waals surface area contributed by atoms with Crippen molar-refractivity contribution in [1.82, 2.24) is 21.3 Å². The lowest BCUT2D eigenvalue weighted by Gasteiger charge is -2.31. The summed E-state index contributed by atoms with van der Waals surface area (Å²) in [6.45, 7) is 5.23. The number of carboxylic acid groups (broad SMARTS) is 1. The van der Waals surface area contributed by atoms with Gasteiger partial charge in [0.15, 0.2) is 5.78 Å². The maximum Gasteiger partial charge on any atom is 0.407 e. The molecule has 1 saturated heterocycles. The van der Waals surface area contributed by atoms with Gasteiger partial charge in [0.2, 0.25) is 17.6 Å². The monoisotopic (exact) mass is 748 g/mol. The number of hydrogen-bond donors (Lipinski definition) is 5. The topological polar surface area (TPSA) is 197 Å². The molecule has 51 heavy (non-hydrogen) atoms. The summed E-state index contributed by atoms with van der Waals surface area (Å²) in [7, 11) is 0. The quantitative estimate of drug-likeness (QED) is 0.122. The Hall–Kier alpha value is -3.59. The first-order valence-corrected chi connectivity index (χ1v) is 19.9. The molecule has 0 radical (unpaired) electrons. The highest BCUT2D eigenvalue weighted by atomic mass is 32.2. The number of ketones is 2. The number of aliphatic carboxylic acids is 1. The molecule has 1 aliphatic carbocycles. The number of carbonyl (C=O) groups is 7. The molecule has 282 valence electrons. The van der Waals surface area contributed by atoms with Crippen LogP contribution >= 0.6 is 23.5 Å². The number of carbonyl (C=O) groups excluding carboxylic acids is 6. The molecule has 0 aromatic heterocycles. The van der Waals surface area contributed by atoms with E-state index in [9.17, 15) is 38.7 Å². The summed E-state index contributed by atoms with van der Waals surface area (Å²) in [5.41, 5.74) is 0.439. The molecule has 1 saturated carbocycles. The number of alkyl carbamates (subject to hydrolysis) is 1. The zero-order chi connectivity index (χ0) is 37.3. The van der Waals surface area contributed by atoms with Crippen molar-refractivity contribution in [2.75, 3.05) is 24.7 Å². The van der Waals surface area contributed by atoms with Crippen LogP contribution < -0.4 is 21.3 Å². The van der Waals surface area contributed by atoms with Crippen molar-refractivity contribution in [3.05, 3.63) is 35.9 Å². The Morgan fingerprint density at radius 1 is 0.882 bits per heavy atom. The number of benzene rings is 1. The molecule has 4 amide bonds. The van der Waals surface area contributed by atoms with Crippen molar-refractivity contribution >= 4 is 64.9 Å². The van der Waals surface area contributed by atoms with Gasteiger partial charge in [0.25, 0.3) is 5.91 Å². The average molecular weight is 749 g/mol. The summed E-state index contributed by atoms with van der Waals surface area (Å²) in [5, 5.41) is 20.2. The standard InChI is InChI=1S/C36H52N4O9S2/c1-4-11-27(31(42)34(45)37-20-25(41)18-26(35(46)47)23-12-7-5-8-13-23)38-32(43)28(19-29-50-16-17-51-29)39-33(44)30(24-14-9-6-10-15-24)40-36(48)49-21-22(2)3/h5,7-8,12-13,22,24,26-30H,4,6,9-11,14-21H2,1-3H3,(H,37,45)(H,38,43)(H,39,44)(H,40,48)(H,46,47)/t26?,27?,28-,30-/m0/s1. The molecule has 3 rings (SSSR count). The average Bonchev–Trinajstić information content (AvgIpc) is 3.64. The van der Waals surface area contributed by atoms with Gasteiger partial charge in [-0.25, -0.2) is 4.79 Å². The van der Waals surface area contributed by atoms with E-state index >= 15 is 0 Å². The fraction of sp³-hybridized carbons (Fsp3) is 0.639. The summed E-state index contributed by atoms with van der Waals surface area (Å²) < 4.78 is 5.32. The molecule has 5 N–H and O–H groups in total. The van der Waals surface area contributed by atoms with E-state index in [0.717, 1.165) is 43.6 Å². The Morgan fingerprint density at radius 3 is 2.14 bits per heavy atom. The van der Waals surface area contributed by atoms with Crippen molar-refractivity contribution in [1.29, 1.82) is 0 Å². The fourth-order valence-electron chi connectivity index (χ4n) is 6.09. The lowest BCUT2D eigenvalue weighted by Crippen LogP contribution is -2.58. The lowest BCUT2D eigenvalue weighted by molar-refractivity contribution is -0.141. The van der Waals surface area contributed by atoms with E-state index < -0.39 is 71.9 Å². The van der Waals surface area contributed by atoms with Gasteiger partial charge >= 0.3 is 12.1 Å². The summed E-state index contributed by atoms with van der Waals surface area (Å²) >= 11 is 3.34. The fourth-order valence-corrected chi connectivity index (χ4v) is 9.01. The van der Waals surface area contributed by atoms with Crippen molar-refractivity contribution in [2.45, 2.75) is 107 Å². The molecule has 0 bridgehead atoms. The van der Waals surface area contributed by atoms with Gasteiger partial charge < -0.3 is 31.1 Å². The first kappa shape index (κ1) is 41.8. The third kappa shape index (κ3) is 14.2. The Balaban J connectivity index is 1.68. The smallest absolute Gasteiger partial charge is 0.407 e. The summed E-state index contributed by atoms with van der Waals surface area (Å²) in [4.78, 5) is 91.0. The van der Waals surface area contributed by atoms with Gasteiger partial charge in [0.05, 0.1) is 29.7 Å². The molecule has 13 nitrogen and oxygen atoms in total. The van der Waals surface area contributed by atoms with Gasteiger partial charge in [-0.3, -0.25) is 28.8 Å². The largest absolute Gasteiger partial charge is 0.481 e. The van der Waals surface area contributed by atoms with E-state index in [2.05, 4.69) is 21.3 Å². The van der Waals surface area contributed by atoms with Crippen LogP contribution in [0.5, 0.6) is 0 Å². The first-order valence-electron chi connectivity index (χ1n) is 17.8. The highest BCUT2D eigenvalue weighted by Gasteiger charge is 2.37. The number of amides is 4. The molecule has 1 aromatic carbocycles. The normalized spacial score (nSPS) is 17.4. The van der Waals surface area contributed by atoms with Crippen LogP contribution in [-0.4, -0.2) is 93.8 Å². The summed E-state index contributed by atoms with van der Waals surface area (Å²) in [6, 6.07) is 5.05. The zero-order valence-corrected chi connectivity index (χ0v) is 31.3. The van der Waals surface area contributed by atoms with Crippen molar-refractivity contribution in [3.8, 4) is 0 Å². The minimum Gasteiger partial charge on any atom is -0.481 e. The predicted octanol–water partition coefficient (Wildman–Crippen LogP) is 3.80. The molecular formula is C36H52N4O9S2. The molecule has 1 aliphatic heterocycles. The third-order valence-corrected chi connectivity index (χ3v) is 11.9. The van der Waals surface area contributed by atoms with Crippen LogP contribution in [0.4, 0.5) is 4.79 Å².